The number of nitrogens with zero attached hydrogens (tertiary/aromatic N) is 4. The Morgan fingerprint density at radius 2 is 1.74 bits per heavy atom. The van der Waals surface area contributed by atoms with Gasteiger partial charge < -0.3 is 14.7 Å². The molecule has 0 radical (unpaired) electrons. The highest BCUT2D eigenvalue weighted by atomic mass is 16.2. The number of likely N-dealkylation sites (N-methyl/N-ethyl adjacent to an activating group) is 1. The summed E-state index contributed by atoms with van der Waals surface area (Å²) in [5.74, 6) is 0.708. The van der Waals surface area contributed by atoms with E-state index in [4.69, 9.17) is 4.98 Å². The second kappa shape index (κ2) is 10.7. The molecule has 1 aromatic carbocycles. The number of carbonyl (C=O) groups excluding carboxylic acids is 2. The molecule has 2 fully saturated rings. The van der Waals surface area contributed by atoms with Crippen molar-refractivity contribution in [2.24, 2.45) is 5.41 Å². The second-order valence-electron chi connectivity index (χ2n) is 10.5. The Bertz CT molecular complexity index is 985. The smallest absolute Gasteiger partial charge is 0.236 e. The van der Waals surface area contributed by atoms with Crippen LogP contribution < -0.4 is 0 Å². The Hall–Kier alpha value is -2.73. The van der Waals surface area contributed by atoms with E-state index in [-0.39, 0.29) is 11.8 Å². The molecule has 6 nitrogen and oxygen atoms in total. The Morgan fingerprint density at radius 1 is 1.00 bits per heavy atom. The molecular weight excluding hydrogens is 424 g/mol. The van der Waals surface area contributed by atoms with E-state index in [1.54, 1.807) is 0 Å². The van der Waals surface area contributed by atoms with Crippen molar-refractivity contribution >= 4 is 11.8 Å². The highest BCUT2D eigenvalue weighted by Crippen LogP contribution is 2.35. The third kappa shape index (κ3) is 5.84. The van der Waals surface area contributed by atoms with Crippen LogP contribution in [0.2, 0.25) is 0 Å². The van der Waals surface area contributed by atoms with E-state index < -0.39 is 5.41 Å². The van der Waals surface area contributed by atoms with Crippen LogP contribution >= 0.6 is 0 Å². The first-order chi connectivity index (χ1) is 16.3. The van der Waals surface area contributed by atoms with Crippen LogP contribution in [0.1, 0.15) is 55.5 Å². The van der Waals surface area contributed by atoms with Gasteiger partial charge in [-0.2, -0.15) is 0 Å². The molecule has 1 aromatic heterocycles. The highest BCUT2D eigenvalue weighted by Gasteiger charge is 2.42. The van der Waals surface area contributed by atoms with Gasteiger partial charge in [-0.15, -0.1) is 0 Å². The largest absolute Gasteiger partial charge is 0.342 e. The molecule has 182 valence electrons. The van der Waals surface area contributed by atoms with Gasteiger partial charge in [0, 0.05) is 49.9 Å². The summed E-state index contributed by atoms with van der Waals surface area (Å²) in [4.78, 5) is 36.9. The number of benzene rings is 1. The lowest BCUT2D eigenvalue weighted by Gasteiger charge is -2.43. The molecule has 0 saturated carbocycles. The Kier molecular flexibility index (Phi) is 7.67. The lowest BCUT2D eigenvalue weighted by atomic mass is 9.79. The van der Waals surface area contributed by atoms with Crippen LogP contribution in [0.5, 0.6) is 0 Å². The van der Waals surface area contributed by atoms with Crippen LogP contribution in [0.15, 0.2) is 48.5 Å². The van der Waals surface area contributed by atoms with Crippen molar-refractivity contribution < 1.29 is 9.59 Å². The predicted molar refractivity (Wildman–Crippen MR) is 135 cm³/mol. The van der Waals surface area contributed by atoms with Gasteiger partial charge in [0.05, 0.1) is 12.0 Å². The number of rotatable bonds is 6. The molecule has 2 aliphatic heterocycles. The lowest BCUT2D eigenvalue weighted by molar-refractivity contribution is -0.149. The molecule has 0 N–H and O–H groups in total. The standard InChI is InChI=1S/C28H38N4O2/c1-28(15-8-16-32(21-28)26(33)20-30(2)3)27(34)31-17-13-23(14-18-31)25-12-7-11-24(29-25)19-22-9-5-4-6-10-22/h4-7,9-12,23H,8,13-21H2,1-3H3/t28-/m1/s1. The Morgan fingerprint density at radius 3 is 2.44 bits per heavy atom. The van der Waals surface area contributed by atoms with Gasteiger partial charge in [0.1, 0.15) is 0 Å². The number of carbonyl (C=O) groups is 2. The molecule has 2 saturated heterocycles. The molecule has 2 amide bonds. The van der Waals surface area contributed by atoms with E-state index >= 15 is 0 Å². The molecule has 0 spiro atoms. The fourth-order valence-corrected chi connectivity index (χ4v) is 5.39. The molecule has 2 aliphatic rings. The first-order valence-corrected chi connectivity index (χ1v) is 12.6. The normalized spacial score (nSPS) is 21.6. The van der Waals surface area contributed by atoms with Crippen molar-refractivity contribution in [2.45, 2.75) is 44.9 Å². The molecular formula is C28H38N4O2. The van der Waals surface area contributed by atoms with Crippen molar-refractivity contribution in [3.63, 3.8) is 0 Å². The molecule has 0 unspecified atom stereocenters. The van der Waals surface area contributed by atoms with Gasteiger partial charge >= 0.3 is 0 Å². The van der Waals surface area contributed by atoms with Crippen molar-refractivity contribution in [3.05, 3.63) is 65.5 Å². The van der Waals surface area contributed by atoms with Crippen molar-refractivity contribution in [1.82, 2.24) is 19.7 Å². The van der Waals surface area contributed by atoms with Gasteiger partial charge in [-0.3, -0.25) is 14.6 Å². The summed E-state index contributed by atoms with van der Waals surface area (Å²) in [5, 5.41) is 0. The average Bonchev–Trinajstić information content (AvgIpc) is 2.84. The van der Waals surface area contributed by atoms with Crippen molar-refractivity contribution in [2.75, 3.05) is 46.8 Å². The van der Waals surface area contributed by atoms with E-state index in [9.17, 15) is 9.59 Å². The van der Waals surface area contributed by atoms with Gasteiger partial charge in [0.15, 0.2) is 0 Å². The third-order valence-electron chi connectivity index (χ3n) is 7.27. The van der Waals surface area contributed by atoms with Crippen LogP contribution in [-0.4, -0.2) is 78.3 Å². The maximum atomic E-state index is 13.5. The van der Waals surface area contributed by atoms with Crippen LogP contribution in [0.25, 0.3) is 0 Å². The summed E-state index contributed by atoms with van der Waals surface area (Å²) in [6.07, 6.45) is 4.45. The molecule has 0 bridgehead atoms. The summed E-state index contributed by atoms with van der Waals surface area (Å²) in [5.41, 5.74) is 3.02. The average molecular weight is 463 g/mol. The molecule has 6 heteroatoms. The lowest BCUT2D eigenvalue weighted by Crippen LogP contribution is -2.55. The summed E-state index contributed by atoms with van der Waals surface area (Å²) in [6, 6.07) is 16.8. The second-order valence-corrected chi connectivity index (χ2v) is 10.5. The van der Waals surface area contributed by atoms with Gasteiger partial charge in [-0.05, 0) is 64.4 Å². The molecule has 1 atom stereocenters. The van der Waals surface area contributed by atoms with Gasteiger partial charge in [0.25, 0.3) is 0 Å². The minimum absolute atomic E-state index is 0.115. The topological polar surface area (TPSA) is 56.8 Å². The molecule has 34 heavy (non-hydrogen) atoms. The van der Waals surface area contributed by atoms with Crippen molar-refractivity contribution in [1.29, 1.82) is 0 Å². The van der Waals surface area contributed by atoms with Gasteiger partial charge in [-0.25, -0.2) is 0 Å². The monoisotopic (exact) mass is 462 g/mol. The number of hydrogen-bond donors (Lipinski definition) is 0. The third-order valence-corrected chi connectivity index (χ3v) is 7.27. The maximum Gasteiger partial charge on any atom is 0.236 e. The zero-order chi connectivity index (χ0) is 24.1. The summed E-state index contributed by atoms with van der Waals surface area (Å²) < 4.78 is 0. The van der Waals surface area contributed by atoms with Crippen LogP contribution in [0, 0.1) is 5.41 Å². The number of aromatic nitrogens is 1. The van der Waals surface area contributed by atoms with E-state index in [1.807, 2.05) is 41.8 Å². The van der Waals surface area contributed by atoms with E-state index in [0.717, 1.165) is 63.1 Å². The molecule has 0 aliphatic carbocycles. The number of hydrogen-bond acceptors (Lipinski definition) is 4. The fraction of sp³-hybridized carbons (Fsp3) is 0.536. The minimum Gasteiger partial charge on any atom is -0.342 e. The van der Waals surface area contributed by atoms with E-state index in [1.165, 1.54) is 5.56 Å². The van der Waals surface area contributed by atoms with E-state index in [2.05, 4.69) is 42.5 Å². The van der Waals surface area contributed by atoms with Gasteiger partial charge in [-0.1, -0.05) is 36.4 Å². The van der Waals surface area contributed by atoms with Crippen LogP contribution in [0.3, 0.4) is 0 Å². The predicted octanol–water partition coefficient (Wildman–Crippen LogP) is 3.57. The molecule has 4 rings (SSSR count). The number of pyridine rings is 1. The van der Waals surface area contributed by atoms with E-state index in [0.29, 0.717) is 19.0 Å². The quantitative estimate of drug-likeness (QED) is 0.659. The zero-order valence-electron chi connectivity index (χ0n) is 20.9. The molecule has 2 aromatic rings. The number of amides is 2. The Labute approximate surface area is 204 Å². The molecule has 3 heterocycles. The van der Waals surface area contributed by atoms with Crippen LogP contribution in [-0.2, 0) is 16.0 Å². The zero-order valence-corrected chi connectivity index (χ0v) is 20.9. The summed E-state index contributed by atoms with van der Waals surface area (Å²) in [7, 11) is 3.81. The number of likely N-dealkylation sites (tertiary alicyclic amines) is 2. The maximum absolute atomic E-state index is 13.5. The first kappa shape index (κ1) is 24.4. The SMILES string of the molecule is CN(C)CC(=O)N1CCC[C@@](C)(C(=O)N2CCC(c3cccc(Cc4ccccc4)n3)CC2)C1. The minimum atomic E-state index is -0.485. The number of piperidine rings is 2. The summed E-state index contributed by atoms with van der Waals surface area (Å²) in [6.45, 7) is 5.24. The van der Waals surface area contributed by atoms with Crippen LogP contribution in [0.4, 0.5) is 0 Å². The summed E-state index contributed by atoms with van der Waals surface area (Å²) >= 11 is 0. The first-order valence-electron chi connectivity index (χ1n) is 12.6. The van der Waals surface area contributed by atoms with Crippen molar-refractivity contribution in [3.8, 4) is 0 Å². The van der Waals surface area contributed by atoms with Gasteiger partial charge in [0.2, 0.25) is 11.8 Å². The fourth-order valence-electron chi connectivity index (χ4n) is 5.39. The Balaban J connectivity index is 1.35. The highest BCUT2D eigenvalue weighted by molar-refractivity contribution is 5.85.